The van der Waals surface area contributed by atoms with Crippen LogP contribution in [0, 0.1) is 0 Å². The van der Waals surface area contributed by atoms with Crippen LogP contribution in [-0.2, 0) is 0 Å². The van der Waals surface area contributed by atoms with Gasteiger partial charge in [0, 0.05) is 17.3 Å². The fraction of sp³-hybridized carbons (Fsp3) is 0.400. The molecule has 0 saturated heterocycles. The van der Waals surface area contributed by atoms with Crippen LogP contribution in [0.3, 0.4) is 0 Å². The second-order valence-corrected chi connectivity index (χ2v) is 5.21. The van der Waals surface area contributed by atoms with Gasteiger partial charge in [0.15, 0.2) is 0 Å². The summed E-state index contributed by atoms with van der Waals surface area (Å²) in [5.41, 5.74) is 1.59. The number of aliphatic hydroxyl groups is 1. The van der Waals surface area contributed by atoms with Crippen LogP contribution in [0.15, 0.2) is 30.5 Å². The molecule has 0 bridgehead atoms. The van der Waals surface area contributed by atoms with Crippen molar-refractivity contribution in [1.29, 1.82) is 0 Å². The quantitative estimate of drug-likeness (QED) is 0.773. The van der Waals surface area contributed by atoms with Gasteiger partial charge in [0.05, 0.1) is 12.1 Å². The van der Waals surface area contributed by atoms with E-state index in [-0.39, 0.29) is 11.9 Å². The molecule has 1 fully saturated rings. The molecule has 1 saturated carbocycles. The van der Waals surface area contributed by atoms with Crippen molar-refractivity contribution in [2.75, 3.05) is 0 Å². The molecule has 1 aromatic heterocycles. The Kier molecular flexibility index (Phi) is 3.25. The van der Waals surface area contributed by atoms with Crippen LogP contribution >= 0.6 is 0 Å². The van der Waals surface area contributed by atoms with Crippen LogP contribution in [0.5, 0.6) is 0 Å². The molecule has 3 rings (SSSR count). The van der Waals surface area contributed by atoms with Crippen molar-refractivity contribution >= 4 is 16.8 Å². The summed E-state index contributed by atoms with van der Waals surface area (Å²) in [7, 11) is 0. The zero-order chi connectivity index (χ0) is 13.2. The summed E-state index contributed by atoms with van der Waals surface area (Å²) in [5, 5.41) is 13.9. The second kappa shape index (κ2) is 5.05. The SMILES string of the molecule is O=C(N[C@@H]1CCCC[C@H]1O)c1ccc2cc[nH]c2c1. The number of carbonyl (C=O) groups is 1. The summed E-state index contributed by atoms with van der Waals surface area (Å²) >= 11 is 0. The van der Waals surface area contributed by atoms with Crippen molar-refractivity contribution in [3.05, 3.63) is 36.0 Å². The fourth-order valence-electron chi connectivity index (χ4n) is 2.72. The van der Waals surface area contributed by atoms with Gasteiger partial charge >= 0.3 is 0 Å². The van der Waals surface area contributed by atoms with E-state index in [0.29, 0.717) is 5.56 Å². The van der Waals surface area contributed by atoms with E-state index in [4.69, 9.17) is 0 Å². The summed E-state index contributed by atoms with van der Waals surface area (Å²) < 4.78 is 0. The Bertz CT molecular complexity index is 591. The number of aliphatic hydroxyl groups excluding tert-OH is 1. The molecule has 1 amide bonds. The molecule has 3 N–H and O–H groups in total. The van der Waals surface area contributed by atoms with E-state index in [0.717, 1.165) is 36.6 Å². The lowest BCUT2D eigenvalue weighted by atomic mass is 9.92. The summed E-state index contributed by atoms with van der Waals surface area (Å²) in [5.74, 6) is -0.109. The van der Waals surface area contributed by atoms with Gasteiger partial charge in [-0.25, -0.2) is 0 Å². The van der Waals surface area contributed by atoms with Gasteiger partial charge in [-0.2, -0.15) is 0 Å². The first-order valence-corrected chi connectivity index (χ1v) is 6.80. The molecule has 0 radical (unpaired) electrons. The van der Waals surface area contributed by atoms with Crippen molar-refractivity contribution in [2.45, 2.75) is 37.8 Å². The van der Waals surface area contributed by atoms with Gasteiger partial charge in [-0.15, -0.1) is 0 Å². The van der Waals surface area contributed by atoms with Gasteiger partial charge in [-0.1, -0.05) is 18.9 Å². The number of benzene rings is 1. The normalized spacial score (nSPS) is 23.4. The van der Waals surface area contributed by atoms with Gasteiger partial charge in [-0.05, 0) is 36.4 Å². The van der Waals surface area contributed by atoms with Gasteiger partial charge in [0.1, 0.15) is 0 Å². The molecular weight excluding hydrogens is 240 g/mol. The first-order valence-electron chi connectivity index (χ1n) is 6.80. The highest BCUT2D eigenvalue weighted by Crippen LogP contribution is 2.19. The van der Waals surface area contributed by atoms with E-state index in [9.17, 15) is 9.90 Å². The zero-order valence-electron chi connectivity index (χ0n) is 10.7. The monoisotopic (exact) mass is 258 g/mol. The number of carbonyl (C=O) groups excluding carboxylic acids is 1. The number of hydrogen-bond donors (Lipinski definition) is 3. The third-order valence-electron chi connectivity index (χ3n) is 3.86. The zero-order valence-corrected chi connectivity index (χ0v) is 10.7. The van der Waals surface area contributed by atoms with Crippen LogP contribution in [0.25, 0.3) is 10.9 Å². The molecule has 0 aliphatic heterocycles. The van der Waals surface area contributed by atoms with Crippen LogP contribution in [0.2, 0.25) is 0 Å². The molecule has 0 unspecified atom stereocenters. The summed E-state index contributed by atoms with van der Waals surface area (Å²) in [6, 6.07) is 7.46. The molecule has 2 atom stereocenters. The van der Waals surface area contributed by atoms with E-state index < -0.39 is 6.10 Å². The van der Waals surface area contributed by atoms with E-state index >= 15 is 0 Å². The number of aromatic nitrogens is 1. The third-order valence-corrected chi connectivity index (χ3v) is 3.86. The summed E-state index contributed by atoms with van der Waals surface area (Å²) in [4.78, 5) is 15.3. The number of amides is 1. The molecule has 1 heterocycles. The van der Waals surface area contributed by atoms with Gasteiger partial charge in [0.25, 0.3) is 5.91 Å². The number of H-pyrrole nitrogens is 1. The van der Waals surface area contributed by atoms with E-state index in [1.165, 1.54) is 0 Å². The maximum Gasteiger partial charge on any atom is 0.251 e. The molecule has 1 aliphatic rings. The maximum atomic E-state index is 12.2. The Labute approximate surface area is 111 Å². The number of aromatic amines is 1. The van der Waals surface area contributed by atoms with Crippen LogP contribution in [0.4, 0.5) is 0 Å². The average Bonchev–Trinajstić information content (AvgIpc) is 2.88. The molecule has 1 aromatic carbocycles. The standard InChI is InChI=1S/C15H18N2O2/c18-14-4-2-1-3-12(14)17-15(19)11-6-5-10-7-8-16-13(10)9-11/h5-9,12,14,16,18H,1-4H2,(H,17,19)/t12-,14-/m1/s1. The highest BCUT2D eigenvalue weighted by atomic mass is 16.3. The summed E-state index contributed by atoms with van der Waals surface area (Å²) in [6.07, 6.45) is 5.20. The average molecular weight is 258 g/mol. The molecule has 100 valence electrons. The number of nitrogens with one attached hydrogen (secondary N) is 2. The Morgan fingerprint density at radius 3 is 2.95 bits per heavy atom. The largest absolute Gasteiger partial charge is 0.391 e. The third kappa shape index (κ3) is 2.49. The van der Waals surface area contributed by atoms with E-state index in [1.54, 1.807) is 0 Å². The fourth-order valence-corrected chi connectivity index (χ4v) is 2.72. The van der Waals surface area contributed by atoms with Crippen molar-refractivity contribution in [2.24, 2.45) is 0 Å². The van der Waals surface area contributed by atoms with Gasteiger partial charge in [0.2, 0.25) is 0 Å². The van der Waals surface area contributed by atoms with Crippen molar-refractivity contribution < 1.29 is 9.90 Å². The highest BCUT2D eigenvalue weighted by Gasteiger charge is 2.24. The first kappa shape index (κ1) is 12.2. The Hall–Kier alpha value is -1.81. The molecule has 1 aliphatic carbocycles. The molecule has 19 heavy (non-hydrogen) atoms. The minimum absolute atomic E-state index is 0.109. The predicted octanol–water partition coefficient (Wildman–Crippen LogP) is 2.20. The minimum atomic E-state index is -0.410. The van der Waals surface area contributed by atoms with Crippen molar-refractivity contribution in [1.82, 2.24) is 10.3 Å². The Morgan fingerprint density at radius 1 is 1.26 bits per heavy atom. The first-order chi connectivity index (χ1) is 9.24. The second-order valence-electron chi connectivity index (χ2n) is 5.21. The minimum Gasteiger partial charge on any atom is -0.391 e. The van der Waals surface area contributed by atoms with E-state index in [1.807, 2.05) is 30.5 Å². The van der Waals surface area contributed by atoms with Crippen molar-refractivity contribution in [3.8, 4) is 0 Å². The number of rotatable bonds is 2. The van der Waals surface area contributed by atoms with Crippen LogP contribution in [-0.4, -0.2) is 28.1 Å². The van der Waals surface area contributed by atoms with Gasteiger partial charge < -0.3 is 15.4 Å². The topological polar surface area (TPSA) is 65.1 Å². The molecular formula is C15H18N2O2. The highest BCUT2D eigenvalue weighted by molar-refractivity contribution is 5.98. The molecule has 2 aromatic rings. The van der Waals surface area contributed by atoms with E-state index in [2.05, 4.69) is 10.3 Å². The summed E-state index contributed by atoms with van der Waals surface area (Å²) in [6.45, 7) is 0. The molecule has 4 heteroatoms. The van der Waals surface area contributed by atoms with Crippen LogP contribution in [0.1, 0.15) is 36.0 Å². The lowest BCUT2D eigenvalue weighted by Gasteiger charge is -2.28. The van der Waals surface area contributed by atoms with Crippen LogP contribution < -0.4 is 5.32 Å². The smallest absolute Gasteiger partial charge is 0.251 e. The maximum absolute atomic E-state index is 12.2. The molecule has 4 nitrogen and oxygen atoms in total. The number of hydrogen-bond acceptors (Lipinski definition) is 2. The Balaban J connectivity index is 1.75. The van der Waals surface area contributed by atoms with Crippen molar-refractivity contribution in [3.63, 3.8) is 0 Å². The molecule has 0 spiro atoms. The lowest BCUT2D eigenvalue weighted by Crippen LogP contribution is -2.45. The number of fused-ring (bicyclic) bond motifs is 1. The predicted molar refractivity (Wildman–Crippen MR) is 74.0 cm³/mol. The Morgan fingerprint density at radius 2 is 2.11 bits per heavy atom. The van der Waals surface area contributed by atoms with Gasteiger partial charge in [-0.3, -0.25) is 4.79 Å². The lowest BCUT2D eigenvalue weighted by molar-refractivity contribution is 0.0717.